The summed E-state index contributed by atoms with van der Waals surface area (Å²) in [4.78, 5) is 28.0. The van der Waals surface area contributed by atoms with E-state index in [0.717, 1.165) is 16.6 Å². The molecular weight excluding hydrogens is 542 g/mol. The molecule has 1 aromatic heterocycles. The number of nitrogens with zero attached hydrogens (tertiary/aromatic N) is 3. The summed E-state index contributed by atoms with van der Waals surface area (Å²) in [6, 6.07) is 14.8. The van der Waals surface area contributed by atoms with Crippen molar-refractivity contribution < 1.29 is 19.1 Å². The van der Waals surface area contributed by atoms with Gasteiger partial charge < -0.3 is 10.4 Å². The van der Waals surface area contributed by atoms with E-state index in [1.54, 1.807) is 42.5 Å². The number of carbonyl (C=O) groups is 2. The standard InChI is InChI=1S/C29H23Cl2FN4O3/c1-2-35-23-12-22-17-9-7-14(27(37)38)10-21(17)34-36(22)26(23)24(18-4-3-5-19(31)25(18)32)29(35)13-15-6-8-16(30)11-20(15)33-28(29)39/h3-11,23-24,26H,2,12-13H2,1H3,(H,33,39)(H,37,38)/t23-,24-,26+,29+/m0/s1. The molecule has 4 heterocycles. The predicted octanol–water partition coefficient (Wildman–Crippen LogP) is 5.70. The highest BCUT2D eigenvalue weighted by Crippen LogP contribution is 2.59. The van der Waals surface area contributed by atoms with Crippen LogP contribution < -0.4 is 5.32 Å². The molecule has 3 aliphatic heterocycles. The highest BCUT2D eigenvalue weighted by atomic mass is 35.5. The van der Waals surface area contributed by atoms with E-state index in [1.165, 1.54) is 6.07 Å². The monoisotopic (exact) mass is 564 g/mol. The smallest absolute Gasteiger partial charge is 0.335 e. The van der Waals surface area contributed by atoms with Crippen LogP contribution >= 0.6 is 23.2 Å². The minimum absolute atomic E-state index is 0.00695. The normalized spacial score (nSPS) is 25.5. The van der Waals surface area contributed by atoms with Gasteiger partial charge in [0, 0.05) is 46.6 Å². The molecule has 0 aliphatic carbocycles. The first-order valence-corrected chi connectivity index (χ1v) is 13.5. The number of likely N-dealkylation sites (tertiary alicyclic amines) is 1. The second-order valence-electron chi connectivity index (χ2n) is 10.5. The van der Waals surface area contributed by atoms with Gasteiger partial charge in [0.2, 0.25) is 5.91 Å². The maximum absolute atomic E-state index is 15.9. The molecule has 1 saturated heterocycles. The van der Waals surface area contributed by atoms with E-state index >= 15 is 4.39 Å². The zero-order valence-electron chi connectivity index (χ0n) is 20.8. The van der Waals surface area contributed by atoms with Crippen LogP contribution in [-0.4, -0.2) is 49.8 Å². The molecule has 7 rings (SSSR count). The van der Waals surface area contributed by atoms with E-state index in [9.17, 15) is 14.7 Å². The quantitative estimate of drug-likeness (QED) is 0.333. The molecule has 3 aromatic carbocycles. The molecule has 1 fully saturated rings. The fourth-order valence-corrected chi connectivity index (χ4v) is 7.61. The number of hydrogen-bond acceptors (Lipinski definition) is 4. The lowest BCUT2D eigenvalue weighted by Gasteiger charge is -2.45. The van der Waals surface area contributed by atoms with Gasteiger partial charge in [-0.2, -0.15) is 5.10 Å². The van der Waals surface area contributed by atoms with Gasteiger partial charge in [-0.05, 0) is 48.0 Å². The molecule has 10 heteroatoms. The van der Waals surface area contributed by atoms with Crippen LogP contribution in [0.3, 0.4) is 0 Å². The van der Waals surface area contributed by atoms with Crippen molar-refractivity contribution >= 4 is 51.7 Å². The number of anilines is 1. The van der Waals surface area contributed by atoms with Crippen LogP contribution in [0.4, 0.5) is 10.1 Å². The summed E-state index contributed by atoms with van der Waals surface area (Å²) in [6.45, 7) is 2.57. The number of carboxylic acids is 1. The van der Waals surface area contributed by atoms with E-state index in [1.807, 2.05) is 17.7 Å². The van der Waals surface area contributed by atoms with Crippen molar-refractivity contribution in [2.45, 2.75) is 43.3 Å². The van der Waals surface area contributed by atoms with Gasteiger partial charge in [-0.1, -0.05) is 54.4 Å². The minimum atomic E-state index is -1.11. The summed E-state index contributed by atoms with van der Waals surface area (Å²) < 4.78 is 17.8. The molecule has 4 aromatic rings. The van der Waals surface area contributed by atoms with Crippen LogP contribution in [0.25, 0.3) is 10.9 Å². The maximum atomic E-state index is 15.9. The van der Waals surface area contributed by atoms with E-state index in [-0.39, 0.29) is 28.6 Å². The van der Waals surface area contributed by atoms with Crippen LogP contribution in [0.5, 0.6) is 0 Å². The van der Waals surface area contributed by atoms with E-state index < -0.39 is 23.2 Å². The van der Waals surface area contributed by atoms with Crippen LogP contribution in [0.2, 0.25) is 10.0 Å². The number of halogens is 3. The second-order valence-corrected chi connectivity index (χ2v) is 11.3. The molecule has 39 heavy (non-hydrogen) atoms. The largest absolute Gasteiger partial charge is 0.478 e. The third kappa shape index (κ3) is 3.28. The topological polar surface area (TPSA) is 87.5 Å². The summed E-state index contributed by atoms with van der Waals surface area (Å²) in [5.74, 6) is -2.42. The van der Waals surface area contributed by atoms with Gasteiger partial charge in [0.25, 0.3) is 0 Å². The van der Waals surface area contributed by atoms with Gasteiger partial charge in [0.05, 0.1) is 22.1 Å². The van der Waals surface area contributed by atoms with Crippen molar-refractivity contribution in [2.24, 2.45) is 0 Å². The number of likely N-dealkylation sites (N-methyl/N-ethyl adjacent to an activating group) is 1. The van der Waals surface area contributed by atoms with E-state index in [4.69, 9.17) is 28.3 Å². The first-order chi connectivity index (χ1) is 18.7. The third-order valence-corrected chi connectivity index (χ3v) is 9.25. The molecule has 1 amide bonds. The van der Waals surface area contributed by atoms with Crippen molar-refractivity contribution in [3.63, 3.8) is 0 Å². The van der Waals surface area contributed by atoms with Gasteiger partial charge in [-0.25, -0.2) is 9.18 Å². The molecule has 2 N–H and O–H groups in total. The number of carbonyl (C=O) groups excluding carboxylic acids is 1. The van der Waals surface area contributed by atoms with Gasteiger partial charge >= 0.3 is 5.97 Å². The number of aromatic carboxylic acids is 1. The van der Waals surface area contributed by atoms with Crippen LogP contribution in [-0.2, 0) is 17.6 Å². The number of carboxylic acid groups (broad SMARTS) is 1. The first kappa shape index (κ1) is 24.6. The Labute approximate surface area is 233 Å². The highest BCUT2D eigenvalue weighted by molar-refractivity contribution is 6.31. The van der Waals surface area contributed by atoms with Crippen molar-refractivity contribution in [3.8, 4) is 0 Å². The van der Waals surface area contributed by atoms with Gasteiger partial charge in [-0.3, -0.25) is 14.4 Å². The Bertz CT molecular complexity index is 1720. The molecular formula is C29H23Cl2FN4O3. The first-order valence-electron chi connectivity index (χ1n) is 12.8. The number of nitrogens with one attached hydrogen (secondary N) is 1. The predicted molar refractivity (Wildman–Crippen MR) is 146 cm³/mol. The van der Waals surface area contributed by atoms with E-state index in [2.05, 4.69) is 10.2 Å². The summed E-state index contributed by atoms with van der Waals surface area (Å²) in [5.41, 5.74) is 2.48. The Hall–Kier alpha value is -3.46. The molecule has 0 saturated carbocycles. The van der Waals surface area contributed by atoms with Crippen molar-refractivity contribution in [1.82, 2.24) is 14.7 Å². The fourth-order valence-electron chi connectivity index (χ4n) is 7.26. The highest BCUT2D eigenvalue weighted by Gasteiger charge is 2.66. The minimum Gasteiger partial charge on any atom is -0.478 e. The van der Waals surface area contributed by atoms with Gasteiger partial charge in [0.1, 0.15) is 11.4 Å². The third-order valence-electron chi connectivity index (χ3n) is 8.73. The second kappa shape index (κ2) is 8.52. The molecule has 198 valence electrons. The lowest BCUT2D eigenvalue weighted by Crippen LogP contribution is -2.61. The number of fused-ring (bicyclic) bond motifs is 6. The van der Waals surface area contributed by atoms with Crippen LogP contribution in [0.15, 0.2) is 54.6 Å². The van der Waals surface area contributed by atoms with E-state index in [0.29, 0.717) is 41.2 Å². The summed E-state index contributed by atoms with van der Waals surface area (Å²) in [6.07, 6.45) is 0.949. The number of rotatable bonds is 3. The average Bonchev–Trinajstić information content (AvgIpc) is 3.51. The Balaban J connectivity index is 1.48. The molecule has 0 bridgehead atoms. The van der Waals surface area contributed by atoms with Gasteiger partial charge in [-0.15, -0.1) is 0 Å². The van der Waals surface area contributed by atoms with Crippen LogP contribution in [0, 0.1) is 5.82 Å². The Morgan fingerprint density at radius 3 is 2.79 bits per heavy atom. The van der Waals surface area contributed by atoms with Gasteiger partial charge in [0.15, 0.2) is 0 Å². The number of amides is 1. The maximum Gasteiger partial charge on any atom is 0.335 e. The van der Waals surface area contributed by atoms with Crippen LogP contribution in [0.1, 0.15) is 46.1 Å². The number of benzene rings is 3. The Kier molecular flexibility index (Phi) is 5.37. The van der Waals surface area contributed by atoms with Crippen molar-refractivity contribution in [1.29, 1.82) is 0 Å². The fraction of sp³-hybridized carbons (Fsp3) is 0.276. The molecule has 7 nitrogen and oxygen atoms in total. The summed E-state index contributed by atoms with van der Waals surface area (Å²) in [5, 5.41) is 18.8. The molecule has 4 atom stereocenters. The number of aromatic nitrogens is 2. The number of hydrogen-bond donors (Lipinski definition) is 2. The van der Waals surface area contributed by atoms with Crippen molar-refractivity contribution in [2.75, 3.05) is 11.9 Å². The SMILES string of the molecule is CCN1[C@H]2Cc3c4ccc(C(=O)O)cc4nn3[C@H]2[C@H](c2cccc(Cl)c2F)[C@@]12Cc1ccc(Cl)cc1NC2=O. The molecule has 3 aliphatic rings. The summed E-state index contributed by atoms with van der Waals surface area (Å²) in [7, 11) is 0. The molecule has 1 spiro atoms. The lowest BCUT2D eigenvalue weighted by molar-refractivity contribution is -0.128. The Morgan fingerprint density at radius 1 is 1.21 bits per heavy atom. The Morgan fingerprint density at radius 2 is 2.03 bits per heavy atom. The van der Waals surface area contributed by atoms with Crippen molar-refractivity contribution in [3.05, 3.63) is 92.8 Å². The zero-order chi connectivity index (χ0) is 27.2. The molecule has 0 unspecified atom stereocenters. The zero-order valence-corrected chi connectivity index (χ0v) is 22.3. The average molecular weight is 565 g/mol. The summed E-state index contributed by atoms with van der Waals surface area (Å²) >= 11 is 12.5. The lowest BCUT2D eigenvalue weighted by atomic mass is 9.71. The molecule has 0 radical (unpaired) electrons.